The van der Waals surface area contributed by atoms with Crippen LogP contribution in [-0.2, 0) is 4.79 Å². The first-order valence-electron chi connectivity index (χ1n) is 4.74. The van der Waals surface area contributed by atoms with Crippen LogP contribution in [0.3, 0.4) is 0 Å². The van der Waals surface area contributed by atoms with Gasteiger partial charge in [-0.1, -0.05) is 24.6 Å². The predicted octanol–water partition coefficient (Wildman–Crippen LogP) is 1.99. The molecule has 13 heavy (non-hydrogen) atoms. The van der Waals surface area contributed by atoms with Gasteiger partial charge in [-0.3, -0.25) is 4.79 Å². The van der Waals surface area contributed by atoms with Crippen LogP contribution in [0.25, 0.3) is 0 Å². The highest BCUT2D eigenvalue weighted by atomic mass is 16.3. The molecule has 1 rings (SSSR count). The fourth-order valence-corrected chi connectivity index (χ4v) is 1.39. The van der Waals surface area contributed by atoms with Gasteiger partial charge in [0.15, 0.2) is 5.78 Å². The highest BCUT2D eigenvalue weighted by Gasteiger charge is 2.17. The van der Waals surface area contributed by atoms with Crippen LogP contribution in [0.1, 0.15) is 33.1 Å². The summed E-state index contributed by atoms with van der Waals surface area (Å²) in [5, 5.41) is 9.27. The predicted molar refractivity (Wildman–Crippen MR) is 52.4 cm³/mol. The third-order valence-corrected chi connectivity index (χ3v) is 2.39. The highest BCUT2D eigenvalue weighted by molar-refractivity contribution is 6.01. The van der Waals surface area contributed by atoms with Crippen LogP contribution >= 0.6 is 0 Å². The number of hydrogen-bond donors (Lipinski definition) is 1. The van der Waals surface area contributed by atoms with Crippen molar-refractivity contribution in [3.63, 3.8) is 0 Å². The SMILES string of the molecule is CCC(O)/C=C/C1=C(C)CCC1=O. The molecule has 0 bridgehead atoms. The maximum Gasteiger partial charge on any atom is 0.163 e. The zero-order chi connectivity index (χ0) is 9.84. The molecule has 72 valence electrons. The molecule has 1 aliphatic carbocycles. The van der Waals surface area contributed by atoms with Gasteiger partial charge in [0.05, 0.1) is 6.10 Å². The second-order valence-corrected chi connectivity index (χ2v) is 3.45. The normalized spacial score (nSPS) is 20.4. The second kappa shape index (κ2) is 4.38. The molecule has 1 N–H and O–H groups in total. The fourth-order valence-electron chi connectivity index (χ4n) is 1.39. The Morgan fingerprint density at radius 1 is 1.54 bits per heavy atom. The van der Waals surface area contributed by atoms with Crippen LogP contribution in [0.4, 0.5) is 0 Å². The molecule has 1 atom stereocenters. The van der Waals surface area contributed by atoms with Crippen molar-refractivity contribution >= 4 is 5.78 Å². The molecule has 2 heteroatoms. The lowest BCUT2D eigenvalue weighted by atomic mass is 10.1. The van der Waals surface area contributed by atoms with Crippen molar-refractivity contribution in [1.29, 1.82) is 0 Å². The fraction of sp³-hybridized carbons (Fsp3) is 0.545. The van der Waals surface area contributed by atoms with Gasteiger partial charge in [0, 0.05) is 12.0 Å². The Kier molecular flexibility index (Phi) is 3.43. The van der Waals surface area contributed by atoms with Crippen molar-refractivity contribution in [2.75, 3.05) is 0 Å². The summed E-state index contributed by atoms with van der Waals surface area (Å²) in [6.45, 7) is 3.88. The van der Waals surface area contributed by atoms with E-state index in [4.69, 9.17) is 0 Å². The van der Waals surface area contributed by atoms with Crippen LogP contribution < -0.4 is 0 Å². The molecule has 0 aromatic carbocycles. The van der Waals surface area contributed by atoms with E-state index in [9.17, 15) is 9.90 Å². The number of aliphatic hydroxyl groups excluding tert-OH is 1. The maximum absolute atomic E-state index is 11.3. The van der Waals surface area contributed by atoms with Gasteiger partial charge in [-0.25, -0.2) is 0 Å². The summed E-state index contributed by atoms with van der Waals surface area (Å²) >= 11 is 0. The third-order valence-electron chi connectivity index (χ3n) is 2.39. The second-order valence-electron chi connectivity index (χ2n) is 3.45. The standard InChI is InChI=1S/C11H16O2/c1-3-9(12)5-6-10-8(2)4-7-11(10)13/h5-6,9,12H,3-4,7H2,1-2H3/b6-5+. The molecule has 0 fully saturated rings. The van der Waals surface area contributed by atoms with Gasteiger partial charge >= 0.3 is 0 Å². The number of ketones is 1. The Morgan fingerprint density at radius 2 is 2.23 bits per heavy atom. The van der Waals surface area contributed by atoms with E-state index in [1.54, 1.807) is 12.2 Å². The summed E-state index contributed by atoms with van der Waals surface area (Å²) in [6.07, 6.45) is 5.24. The summed E-state index contributed by atoms with van der Waals surface area (Å²) in [6, 6.07) is 0. The van der Waals surface area contributed by atoms with Crippen LogP contribution in [0.5, 0.6) is 0 Å². The van der Waals surface area contributed by atoms with E-state index in [0.717, 1.165) is 17.6 Å². The minimum Gasteiger partial charge on any atom is -0.389 e. The van der Waals surface area contributed by atoms with Gasteiger partial charge in [-0.15, -0.1) is 0 Å². The minimum absolute atomic E-state index is 0.206. The highest BCUT2D eigenvalue weighted by Crippen LogP contribution is 2.23. The van der Waals surface area contributed by atoms with Crippen LogP contribution in [-0.4, -0.2) is 17.0 Å². The zero-order valence-electron chi connectivity index (χ0n) is 8.21. The Balaban J connectivity index is 2.67. The molecule has 0 heterocycles. The number of carbonyl (C=O) groups is 1. The topological polar surface area (TPSA) is 37.3 Å². The summed E-state index contributed by atoms with van der Waals surface area (Å²) in [5.74, 6) is 0.206. The lowest BCUT2D eigenvalue weighted by Gasteiger charge is -1.99. The molecule has 0 spiro atoms. The van der Waals surface area contributed by atoms with Crippen molar-refractivity contribution < 1.29 is 9.90 Å². The van der Waals surface area contributed by atoms with E-state index >= 15 is 0 Å². The first kappa shape index (κ1) is 10.2. The van der Waals surface area contributed by atoms with Crippen molar-refractivity contribution in [2.45, 2.75) is 39.2 Å². The molecule has 0 saturated heterocycles. The lowest BCUT2D eigenvalue weighted by Crippen LogP contribution is -2.00. The molecule has 1 aliphatic rings. The smallest absolute Gasteiger partial charge is 0.163 e. The van der Waals surface area contributed by atoms with E-state index in [2.05, 4.69) is 0 Å². The van der Waals surface area contributed by atoms with Gasteiger partial charge in [0.1, 0.15) is 0 Å². The van der Waals surface area contributed by atoms with Crippen molar-refractivity contribution in [1.82, 2.24) is 0 Å². The summed E-state index contributed by atoms with van der Waals surface area (Å²) in [7, 11) is 0. The molecule has 2 nitrogen and oxygen atoms in total. The van der Waals surface area contributed by atoms with Crippen molar-refractivity contribution in [3.05, 3.63) is 23.3 Å². The van der Waals surface area contributed by atoms with Crippen LogP contribution in [0.2, 0.25) is 0 Å². The van der Waals surface area contributed by atoms with Crippen LogP contribution in [0, 0.1) is 0 Å². The zero-order valence-corrected chi connectivity index (χ0v) is 8.21. The lowest BCUT2D eigenvalue weighted by molar-refractivity contribution is -0.114. The number of aliphatic hydroxyl groups is 1. The molecule has 0 aromatic rings. The Labute approximate surface area is 79.0 Å². The number of hydrogen-bond acceptors (Lipinski definition) is 2. The van der Waals surface area contributed by atoms with Gasteiger partial charge in [-0.2, -0.15) is 0 Å². The Morgan fingerprint density at radius 3 is 2.69 bits per heavy atom. The number of rotatable bonds is 3. The summed E-state index contributed by atoms with van der Waals surface area (Å²) in [5.41, 5.74) is 1.94. The molecule has 0 aliphatic heterocycles. The summed E-state index contributed by atoms with van der Waals surface area (Å²) in [4.78, 5) is 11.3. The Hall–Kier alpha value is -0.890. The molecule has 0 amide bonds. The number of carbonyl (C=O) groups excluding carboxylic acids is 1. The number of allylic oxidation sites excluding steroid dienone is 3. The van der Waals surface area contributed by atoms with E-state index in [0.29, 0.717) is 12.8 Å². The maximum atomic E-state index is 11.3. The molecular weight excluding hydrogens is 164 g/mol. The number of Topliss-reactive ketones (excluding diaryl/α,β-unsaturated/α-hetero) is 1. The monoisotopic (exact) mass is 180 g/mol. The van der Waals surface area contributed by atoms with Crippen molar-refractivity contribution in [2.24, 2.45) is 0 Å². The first-order chi connectivity index (χ1) is 6.15. The summed E-state index contributed by atoms with van der Waals surface area (Å²) < 4.78 is 0. The third kappa shape index (κ3) is 2.52. The molecule has 0 aromatic heterocycles. The van der Waals surface area contributed by atoms with E-state index < -0.39 is 6.10 Å². The van der Waals surface area contributed by atoms with Gasteiger partial charge in [-0.05, 0) is 19.8 Å². The molecule has 0 saturated carbocycles. The van der Waals surface area contributed by atoms with E-state index in [1.165, 1.54) is 0 Å². The van der Waals surface area contributed by atoms with E-state index in [1.807, 2.05) is 13.8 Å². The van der Waals surface area contributed by atoms with Gasteiger partial charge in [0.25, 0.3) is 0 Å². The Bertz CT molecular complexity index is 261. The van der Waals surface area contributed by atoms with Gasteiger partial charge in [0.2, 0.25) is 0 Å². The molecule has 1 unspecified atom stereocenters. The molecule has 0 radical (unpaired) electrons. The van der Waals surface area contributed by atoms with Crippen molar-refractivity contribution in [3.8, 4) is 0 Å². The van der Waals surface area contributed by atoms with Gasteiger partial charge < -0.3 is 5.11 Å². The van der Waals surface area contributed by atoms with E-state index in [-0.39, 0.29) is 5.78 Å². The quantitative estimate of drug-likeness (QED) is 0.721. The van der Waals surface area contributed by atoms with Crippen LogP contribution in [0.15, 0.2) is 23.3 Å². The average molecular weight is 180 g/mol. The molecular formula is C11H16O2. The average Bonchev–Trinajstić information content (AvgIpc) is 2.43. The minimum atomic E-state index is -0.423. The first-order valence-corrected chi connectivity index (χ1v) is 4.74. The largest absolute Gasteiger partial charge is 0.389 e.